The van der Waals surface area contributed by atoms with E-state index in [0.717, 1.165) is 13.0 Å². The van der Waals surface area contributed by atoms with Crippen LogP contribution >= 0.6 is 0 Å². The third-order valence-electron chi connectivity index (χ3n) is 3.10. The van der Waals surface area contributed by atoms with Gasteiger partial charge >= 0.3 is 0 Å². The maximum absolute atomic E-state index is 9.00. The Kier molecular flexibility index (Phi) is 2.61. The third-order valence-corrected chi connectivity index (χ3v) is 3.10. The van der Waals surface area contributed by atoms with Crippen LogP contribution in [0, 0.1) is 25.2 Å². The van der Waals surface area contributed by atoms with Gasteiger partial charge in [0.2, 0.25) is 0 Å². The highest BCUT2D eigenvalue weighted by Crippen LogP contribution is 2.26. The Morgan fingerprint density at radius 3 is 2.44 bits per heavy atom. The molecule has 1 unspecified atom stereocenters. The van der Waals surface area contributed by atoms with E-state index in [1.165, 1.54) is 16.8 Å². The lowest BCUT2D eigenvalue weighted by Crippen LogP contribution is -2.41. The van der Waals surface area contributed by atoms with Crippen molar-refractivity contribution in [2.75, 3.05) is 18.0 Å². The van der Waals surface area contributed by atoms with E-state index in [9.17, 15) is 0 Å². The molecule has 1 aliphatic rings. The number of rotatable bonds is 1. The lowest BCUT2D eigenvalue weighted by atomic mass is 10.0. The zero-order chi connectivity index (χ0) is 11.8. The van der Waals surface area contributed by atoms with Crippen LogP contribution in [-0.2, 0) is 0 Å². The van der Waals surface area contributed by atoms with Gasteiger partial charge in [0.1, 0.15) is 5.54 Å². The van der Waals surface area contributed by atoms with Crippen LogP contribution in [-0.4, -0.2) is 18.6 Å². The van der Waals surface area contributed by atoms with Crippen molar-refractivity contribution in [1.82, 2.24) is 0 Å². The minimum absolute atomic E-state index is 0.631. The first-order chi connectivity index (χ1) is 7.52. The van der Waals surface area contributed by atoms with Crippen LogP contribution in [0.4, 0.5) is 5.69 Å². The van der Waals surface area contributed by atoms with Gasteiger partial charge in [0.25, 0.3) is 0 Å². The number of hydrogen-bond acceptors (Lipinski definition) is 3. The minimum Gasteiger partial charge on any atom is -0.368 e. The Balaban J connectivity index is 2.24. The van der Waals surface area contributed by atoms with Gasteiger partial charge in [-0.3, -0.25) is 0 Å². The van der Waals surface area contributed by atoms with Gasteiger partial charge in [-0.05, 0) is 43.5 Å². The molecule has 0 amide bonds. The molecular formula is C13H17N3. The third kappa shape index (κ3) is 2.02. The second-order valence-corrected chi connectivity index (χ2v) is 4.79. The Morgan fingerprint density at radius 1 is 1.31 bits per heavy atom. The molecule has 16 heavy (non-hydrogen) atoms. The highest BCUT2D eigenvalue weighted by atomic mass is 15.2. The second-order valence-electron chi connectivity index (χ2n) is 4.79. The molecule has 0 saturated carbocycles. The van der Waals surface area contributed by atoms with E-state index in [1.807, 2.05) is 0 Å². The topological polar surface area (TPSA) is 53.0 Å². The molecule has 2 N–H and O–H groups in total. The average molecular weight is 215 g/mol. The van der Waals surface area contributed by atoms with Gasteiger partial charge in [-0.1, -0.05) is 6.07 Å². The van der Waals surface area contributed by atoms with Gasteiger partial charge in [-0.2, -0.15) is 5.26 Å². The van der Waals surface area contributed by atoms with Gasteiger partial charge < -0.3 is 10.6 Å². The van der Waals surface area contributed by atoms with Crippen LogP contribution in [0.2, 0.25) is 0 Å². The van der Waals surface area contributed by atoms with Crippen molar-refractivity contribution >= 4 is 5.69 Å². The summed E-state index contributed by atoms with van der Waals surface area (Å²) in [6.07, 6.45) is 0.747. The zero-order valence-corrected chi connectivity index (χ0v) is 9.83. The summed E-state index contributed by atoms with van der Waals surface area (Å²) in [5.74, 6) is 0. The highest BCUT2D eigenvalue weighted by molar-refractivity contribution is 5.53. The van der Waals surface area contributed by atoms with E-state index in [1.54, 1.807) is 0 Å². The molecular weight excluding hydrogens is 198 g/mol. The summed E-state index contributed by atoms with van der Waals surface area (Å²) in [5.41, 5.74) is 8.97. The predicted octanol–water partition coefficient (Wildman–Crippen LogP) is 1.73. The monoisotopic (exact) mass is 215 g/mol. The number of nitrogens with zero attached hydrogens (tertiary/aromatic N) is 2. The maximum atomic E-state index is 9.00. The summed E-state index contributed by atoms with van der Waals surface area (Å²) in [6, 6.07) is 8.66. The number of nitrogens with two attached hydrogens (primary N) is 1. The first-order valence-electron chi connectivity index (χ1n) is 5.56. The van der Waals surface area contributed by atoms with Gasteiger partial charge in [0.05, 0.1) is 6.07 Å². The van der Waals surface area contributed by atoms with E-state index in [0.29, 0.717) is 6.54 Å². The molecule has 2 rings (SSSR count). The van der Waals surface area contributed by atoms with Crippen molar-refractivity contribution in [1.29, 1.82) is 5.26 Å². The standard InChI is InChI=1S/C13H17N3/c1-10-5-11(2)7-12(6-10)16-4-3-13(15,8-14)9-16/h5-7H,3-4,9,15H2,1-2H3. The van der Waals surface area contributed by atoms with Crippen molar-refractivity contribution in [3.8, 4) is 6.07 Å². The minimum atomic E-state index is -0.669. The Bertz CT molecular complexity index is 427. The van der Waals surface area contributed by atoms with E-state index in [-0.39, 0.29) is 0 Å². The molecule has 84 valence electrons. The fourth-order valence-electron chi connectivity index (χ4n) is 2.28. The molecule has 3 nitrogen and oxygen atoms in total. The number of benzene rings is 1. The number of hydrogen-bond donors (Lipinski definition) is 1. The SMILES string of the molecule is Cc1cc(C)cc(N2CCC(N)(C#N)C2)c1. The molecule has 0 bridgehead atoms. The smallest absolute Gasteiger partial charge is 0.123 e. The first-order valence-corrected chi connectivity index (χ1v) is 5.56. The van der Waals surface area contributed by atoms with Crippen LogP contribution in [0.3, 0.4) is 0 Å². The van der Waals surface area contributed by atoms with Crippen molar-refractivity contribution in [3.05, 3.63) is 29.3 Å². The number of anilines is 1. The Hall–Kier alpha value is -1.53. The molecule has 0 aliphatic carbocycles. The lowest BCUT2D eigenvalue weighted by molar-refractivity contribution is 0.606. The van der Waals surface area contributed by atoms with Crippen molar-refractivity contribution in [2.24, 2.45) is 5.73 Å². The highest BCUT2D eigenvalue weighted by Gasteiger charge is 2.34. The largest absolute Gasteiger partial charge is 0.368 e. The summed E-state index contributed by atoms with van der Waals surface area (Å²) >= 11 is 0. The van der Waals surface area contributed by atoms with E-state index in [2.05, 4.69) is 43.0 Å². The molecule has 0 spiro atoms. The summed E-state index contributed by atoms with van der Waals surface area (Å²) in [4.78, 5) is 2.20. The van der Waals surface area contributed by atoms with Crippen LogP contribution in [0.15, 0.2) is 18.2 Å². The molecule has 0 radical (unpaired) electrons. The van der Waals surface area contributed by atoms with E-state index >= 15 is 0 Å². The fraction of sp³-hybridized carbons (Fsp3) is 0.462. The van der Waals surface area contributed by atoms with Gasteiger partial charge in [0, 0.05) is 18.8 Å². The number of nitriles is 1. The van der Waals surface area contributed by atoms with E-state index < -0.39 is 5.54 Å². The first kappa shape index (κ1) is 11.0. The zero-order valence-electron chi connectivity index (χ0n) is 9.83. The van der Waals surface area contributed by atoms with Gasteiger partial charge in [0.15, 0.2) is 0 Å². The van der Waals surface area contributed by atoms with Crippen LogP contribution in [0.25, 0.3) is 0 Å². The van der Waals surface area contributed by atoms with Crippen LogP contribution in [0.5, 0.6) is 0 Å². The molecule has 1 heterocycles. The second kappa shape index (κ2) is 3.80. The molecule has 1 aromatic rings. The maximum Gasteiger partial charge on any atom is 0.123 e. The molecule has 1 atom stereocenters. The molecule has 1 fully saturated rings. The van der Waals surface area contributed by atoms with Crippen LogP contribution < -0.4 is 10.6 Å². The van der Waals surface area contributed by atoms with Gasteiger partial charge in [-0.25, -0.2) is 0 Å². The Labute approximate surface area is 96.5 Å². The summed E-state index contributed by atoms with van der Waals surface area (Å²) in [6.45, 7) is 5.68. The number of aryl methyl sites for hydroxylation is 2. The van der Waals surface area contributed by atoms with Crippen molar-refractivity contribution in [3.63, 3.8) is 0 Å². The van der Waals surface area contributed by atoms with Crippen LogP contribution in [0.1, 0.15) is 17.5 Å². The average Bonchev–Trinajstić information content (AvgIpc) is 2.61. The van der Waals surface area contributed by atoms with Gasteiger partial charge in [-0.15, -0.1) is 0 Å². The van der Waals surface area contributed by atoms with Crippen molar-refractivity contribution < 1.29 is 0 Å². The predicted molar refractivity (Wildman–Crippen MR) is 65.3 cm³/mol. The molecule has 1 saturated heterocycles. The Morgan fingerprint density at radius 2 is 1.94 bits per heavy atom. The normalized spacial score (nSPS) is 24.5. The molecule has 1 aliphatic heterocycles. The summed E-state index contributed by atoms with van der Waals surface area (Å²) < 4.78 is 0. The van der Waals surface area contributed by atoms with E-state index in [4.69, 9.17) is 11.0 Å². The fourth-order valence-corrected chi connectivity index (χ4v) is 2.28. The molecule has 3 heteroatoms. The molecule has 1 aromatic carbocycles. The quantitative estimate of drug-likeness (QED) is 0.776. The molecule has 0 aromatic heterocycles. The van der Waals surface area contributed by atoms with Crippen molar-refractivity contribution in [2.45, 2.75) is 25.8 Å². The lowest BCUT2D eigenvalue weighted by Gasteiger charge is -2.21. The summed E-state index contributed by atoms with van der Waals surface area (Å²) in [5, 5.41) is 9.00. The summed E-state index contributed by atoms with van der Waals surface area (Å²) in [7, 11) is 0.